The van der Waals surface area contributed by atoms with E-state index in [-0.39, 0.29) is 11.8 Å². The van der Waals surface area contributed by atoms with Crippen molar-refractivity contribution in [1.29, 1.82) is 0 Å². The highest BCUT2D eigenvalue weighted by Crippen LogP contribution is 2.40. The fourth-order valence-corrected chi connectivity index (χ4v) is 5.69. The molecular weight excluding hydrogens is 312 g/mol. The number of fused-ring (bicyclic) bond motifs is 1. The molecule has 0 aromatic heterocycles. The molecule has 3 fully saturated rings. The van der Waals surface area contributed by atoms with E-state index in [0.717, 1.165) is 37.5 Å². The Bertz CT molecular complexity index is 534. The molecular formula is C17H30N2O3S. The van der Waals surface area contributed by atoms with Crippen LogP contribution < -0.4 is 5.32 Å². The molecule has 5 nitrogen and oxygen atoms in total. The van der Waals surface area contributed by atoms with Crippen molar-refractivity contribution in [3.63, 3.8) is 0 Å². The maximum Gasteiger partial charge on any atom is 0.224 e. The lowest BCUT2D eigenvalue weighted by Crippen LogP contribution is -2.48. The summed E-state index contributed by atoms with van der Waals surface area (Å²) in [7, 11) is -3.19. The second-order valence-corrected chi connectivity index (χ2v) is 9.77. The smallest absolute Gasteiger partial charge is 0.224 e. The molecule has 1 N–H and O–H groups in total. The van der Waals surface area contributed by atoms with Crippen molar-refractivity contribution in [1.82, 2.24) is 9.62 Å². The average molecular weight is 343 g/mol. The largest absolute Gasteiger partial charge is 0.353 e. The predicted molar refractivity (Wildman–Crippen MR) is 90.4 cm³/mol. The van der Waals surface area contributed by atoms with Gasteiger partial charge in [0.25, 0.3) is 0 Å². The third kappa shape index (κ3) is 4.27. The molecule has 4 atom stereocenters. The molecule has 0 bridgehead atoms. The van der Waals surface area contributed by atoms with Crippen molar-refractivity contribution in [2.24, 2.45) is 17.8 Å². The Morgan fingerprint density at radius 1 is 1.00 bits per heavy atom. The number of carbonyl (C=O) groups excluding carboxylic acids is 1. The van der Waals surface area contributed by atoms with Crippen molar-refractivity contribution >= 4 is 15.9 Å². The van der Waals surface area contributed by atoms with Crippen molar-refractivity contribution < 1.29 is 13.2 Å². The van der Waals surface area contributed by atoms with Gasteiger partial charge in [-0.05, 0) is 43.9 Å². The van der Waals surface area contributed by atoms with Gasteiger partial charge in [0.1, 0.15) is 0 Å². The molecule has 4 unspecified atom stereocenters. The van der Waals surface area contributed by atoms with E-state index in [1.807, 2.05) is 0 Å². The molecule has 2 aliphatic carbocycles. The first-order chi connectivity index (χ1) is 10.9. The summed E-state index contributed by atoms with van der Waals surface area (Å²) in [5.41, 5.74) is 0. The summed E-state index contributed by atoms with van der Waals surface area (Å²) in [6, 6.07) is 0.301. The second kappa shape index (κ2) is 7.09. The Hall–Kier alpha value is -0.620. The lowest BCUT2D eigenvalue weighted by atomic mass is 9.69. The van der Waals surface area contributed by atoms with Gasteiger partial charge in [-0.1, -0.05) is 25.7 Å². The van der Waals surface area contributed by atoms with Gasteiger partial charge >= 0.3 is 0 Å². The SMILES string of the molecule is CS(=O)(=O)N1CCCC(C(=O)NC2CCC3CCCCC3C2)C1. The predicted octanol–water partition coefficient (Wildman–Crippen LogP) is 2.13. The highest BCUT2D eigenvalue weighted by Gasteiger charge is 2.35. The minimum atomic E-state index is -3.19. The number of nitrogens with zero attached hydrogens (tertiary/aromatic N) is 1. The molecule has 1 aliphatic heterocycles. The Kier molecular flexibility index (Phi) is 5.31. The minimum absolute atomic E-state index is 0.0672. The van der Waals surface area contributed by atoms with Crippen LogP contribution in [0.3, 0.4) is 0 Å². The summed E-state index contributed by atoms with van der Waals surface area (Å²) in [5, 5.41) is 3.23. The minimum Gasteiger partial charge on any atom is -0.353 e. The third-order valence-electron chi connectivity index (χ3n) is 6.11. The summed E-state index contributed by atoms with van der Waals surface area (Å²) in [5.74, 6) is 1.56. The summed E-state index contributed by atoms with van der Waals surface area (Å²) in [4.78, 5) is 12.6. The van der Waals surface area contributed by atoms with Gasteiger partial charge in [-0.15, -0.1) is 0 Å². The quantitative estimate of drug-likeness (QED) is 0.854. The third-order valence-corrected chi connectivity index (χ3v) is 7.38. The van der Waals surface area contributed by atoms with Gasteiger partial charge < -0.3 is 5.32 Å². The number of sulfonamides is 1. The van der Waals surface area contributed by atoms with Gasteiger partial charge in [-0.25, -0.2) is 12.7 Å². The number of hydrogen-bond acceptors (Lipinski definition) is 3. The first-order valence-electron chi connectivity index (χ1n) is 9.19. The van der Waals surface area contributed by atoms with Crippen molar-refractivity contribution in [3.05, 3.63) is 0 Å². The van der Waals surface area contributed by atoms with E-state index in [1.54, 1.807) is 0 Å². The van der Waals surface area contributed by atoms with Gasteiger partial charge in [0.15, 0.2) is 0 Å². The molecule has 3 rings (SSSR count). The van der Waals surface area contributed by atoms with Crippen molar-refractivity contribution in [3.8, 4) is 0 Å². The molecule has 2 saturated carbocycles. The fraction of sp³-hybridized carbons (Fsp3) is 0.941. The highest BCUT2D eigenvalue weighted by molar-refractivity contribution is 7.88. The van der Waals surface area contributed by atoms with Crippen LogP contribution in [0.2, 0.25) is 0 Å². The van der Waals surface area contributed by atoms with E-state index in [1.165, 1.54) is 42.7 Å². The van der Waals surface area contributed by atoms with Crippen molar-refractivity contribution in [2.75, 3.05) is 19.3 Å². The number of carbonyl (C=O) groups is 1. The van der Waals surface area contributed by atoms with Gasteiger partial charge in [0.2, 0.25) is 15.9 Å². The molecule has 0 radical (unpaired) electrons. The zero-order valence-corrected chi connectivity index (χ0v) is 15.0. The van der Waals surface area contributed by atoms with Crippen LogP contribution in [0.5, 0.6) is 0 Å². The lowest BCUT2D eigenvalue weighted by Gasteiger charge is -2.40. The summed E-state index contributed by atoms with van der Waals surface area (Å²) in [6.45, 7) is 0.902. The Labute approximate surface area is 140 Å². The number of hydrogen-bond donors (Lipinski definition) is 1. The molecule has 6 heteroatoms. The standard InChI is InChI=1S/C17H30N2O3S/c1-23(21,22)19-10-4-7-15(12-19)17(20)18-16-9-8-13-5-2-3-6-14(13)11-16/h13-16H,2-12H2,1H3,(H,18,20). The maximum absolute atomic E-state index is 12.6. The zero-order chi connectivity index (χ0) is 16.4. The van der Waals surface area contributed by atoms with E-state index in [9.17, 15) is 13.2 Å². The van der Waals surface area contributed by atoms with Crippen LogP contribution in [0.1, 0.15) is 57.8 Å². The first-order valence-corrected chi connectivity index (χ1v) is 11.0. The summed E-state index contributed by atoms with van der Waals surface area (Å²) >= 11 is 0. The molecule has 1 heterocycles. The van der Waals surface area contributed by atoms with Crippen LogP contribution >= 0.6 is 0 Å². The molecule has 0 aromatic rings. The van der Waals surface area contributed by atoms with E-state index in [0.29, 0.717) is 19.1 Å². The molecule has 132 valence electrons. The van der Waals surface area contributed by atoms with Gasteiger partial charge in [-0.3, -0.25) is 4.79 Å². The Morgan fingerprint density at radius 2 is 1.74 bits per heavy atom. The van der Waals surface area contributed by atoms with Crippen LogP contribution in [0.4, 0.5) is 0 Å². The number of amides is 1. The molecule has 0 aromatic carbocycles. The molecule has 1 amide bonds. The number of nitrogens with one attached hydrogen (secondary N) is 1. The summed E-state index contributed by atoms with van der Waals surface area (Å²) in [6.07, 6.45) is 11.7. The molecule has 3 aliphatic rings. The summed E-state index contributed by atoms with van der Waals surface area (Å²) < 4.78 is 24.8. The van der Waals surface area contributed by atoms with Gasteiger partial charge in [0, 0.05) is 19.1 Å². The van der Waals surface area contributed by atoms with Crippen LogP contribution in [0.15, 0.2) is 0 Å². The van der Waals surface area contributed by atoms with E-state index < -0.39 is 10.0 Å². The maximum atomic E-state index is 12.6. The zero-order valence-electron chi connectivity index (χ0n) is 14.2. The van der Waals surface area contributed by atoms with E-state index in [4.69, 9.17) is 0 Å². The van der Waals surface area contributed by atoms with Crippen LogP contribution in [0.25, 0.3) is 0 Å². The Balaban J connectivity index is 1.52. The lowest BCUT2D eigenvalue weighted by molar-refractivity contribution is -0.127. The topological polar surface area (TPSA) is 66.5 Å². The molecule has 0 spiro atoms. The number of rotatable bonds is 3. The molecule has 23 heavy (non-hydrogen) atoms. The monoisotopic (exact) mass is 342 g/mol. The van der Waals surface area contributed by atoms with E-state index >= 15 is 0 Å². The fourth-order valence-electron chi connectivity index (χ4n) is 4.78. The first kappa shape index (κ1) is 17.2. The Morgan fingerprint density at radius 3 is 2.48 bits per heavy atom. The van der Waals surface area contributed by atoms with Crippen LogP contribution in [0, 0.1) is 17.8 Å². The van der Waals surface area contributed by atoms with Gasteiger partial charge in [-0.2, -0.15) is 0 Å². The van der Waals surface area contributed by atoms with Crippen LogP contribution in [-0.2, 0) is 14.8 Å². The molecule has 1 saturated heterocycles. The average Bonchev–Trinajstić information content (AvgIpc) is 2.54. The normalized spacial score (nSPS) is 36.2. The van der Waals surface area contributed by atoms with E-state index in [2.05, 4.69) is 5.32 Å². The number of piperidine rings is 1. The highest BCUT2D eigenvalue weighted by atomic mass is 32.2. The van der Waals surface area contributed by atoms with Gasteiger partial charge in [0.05, 0.1) is 12.2 Å². The van der Waals surface area contributed by atoms with Crippen LogP contribution in [-0.4, -0.2) is 44.0 Å². The second-order valence-electron chi connectivity index (χ2n) is 7.78. The van der Waals surface area contributed by atoms with Crippen molar-refractivity contribution in [2.45, 2.75) is 63.8 Å².